The molecule has 6 nitrogen and oxygen atoms in total. The Hall–Kier alpha value is -1.69. The van der Waals surface area contributed by atoms with Gasteiger partial charge >= 0.3 is 0 Å². The van der Waals surface area contributed by atoms with Crippen molar-refractivity contribution in [1.82, 2.24) is 0 Å². The zero-order chi connectivity index (χ0) is 13.9. The highest BCUT2D eigenvalue weighted by Gasteiger charge is 2.41. The van der Waals surface area contributed by atoms with Gasteiger partial charge in [-0.25, -0.2) is 0 Å². The Morgan fingerprint density at radius 2 is 1.72 bits per heavy atom. The first-order valence-corrected chi connectivity index (χ1v) is 5.54. The number of rotatable bonds is 5. The Kier molecular flexibility index (Phi) is 4.61. The smallest absolute Gasteiger partial charge is 0.263 e. The van der Waals surface area contributed by atoms with Crippen molar-refractivity contribution in [1.29, 1.82) is 0 Å². The highest BCUT2D eigenvalue weighted by atomic mass is 16.5. The topological polar surface area (TPSA) is 94.6 Å². The fraction of sp³-hybridized carbons (Fsp3) is 0.583. The van der Waals surface area contributed by atoms with E-state index in [-0.39, 0.29) is 30.9 Å². The van der Waals surface area contributed by atoms with Gasteiger partial charge in [0.2, 0.25) is 5.78 Å². The minimum Gasteiger partial charge on any atom is -0.368 e. The van der Waals surface area contributed by atoms with Gasteiger partial charge < -0.3 is 4.74 Å². The van der Waals surface area contributed by atoms with Crippen molar-refractivity contribution >= 4 is 29.4 Å². The van der Waals surface area contributed by atoms with Gasteiger partial charge in [-0.15, -0.1) is 0 Å². The first-order chi connectivity index (χ1) is 8.38. The summed E-state index contributed by atoms with van der Waals surface area (Å²) in [6.45, 7) is 2.63. The maximum Gasteiger partial charge on any atom is 0.263 e. The van der Waals surface area contributed by atoms with Gasteiger partial charge in [-0.05, 0) is 20.3 Å². The lowest BCUT2D eigenvalue weighted by Crippen LogP contribution is -2.47. The molecular formula is C12H14O6. The SMILES string of the molecule is CC(=O)C1COC(C(=O)C(=O)C=O)C(C(C)=O)C1. The lowest BCUT2D eigenvalue weighted by atomic mass is 9.81. The third-order valence-corrected chi connectivity index (χ3v) is 3.09. The molecule has 0 spiro atoms. The molecule has 1 heterocycles. The van der Waals surface area contributed by atoms with E-state index in [1.807, 2.05) is 0 Å². The van der Waals surface area contributed by atoms with Gasteiger partial charge in [0.15, 0.2) is 6.29 Å². The van der Waals surface area contributed by atoms with Crippen LogP contribution in [0.15, 0.2) is 0 Å². The lowest BCUT2D eigenvalue weighted by Gasteiger charge is -2.32. The van der Waals surface area contributed by atoms with Crippen LogP contribution in [-0.4, -0.2) is 42.1 Å². The van der Waals surface area contributed by atoms with E-state index in [0.29, 0.717) is 0 Å². The number of carbonyl (C=O) groups excluding carboxylic acids is 5. The largest absolute Gasteiger partial charge is 0.368 e. The second-order valence-corrected chi connectivity index (χ2v) is 4.36. The Labute approximate surface area is 104 Å². The fourth-order valence-electron chi connectivity index (χ4n) is 1.95. The van der Waals surface area contributed by atoms with Gasteiger partial charge in [0.05, 0.1) is 12.5 Å². The van der Waals surface area contributed by atoms with E-state index in [9.17, 15) is 24.0 Å². The number of carbonyl (C=O) groups is 5. The van der Waals surface area contributed by atoms with E-state index in [0.717, 1.165) is 0 Å². The standard InChI is InChI=1S/C12H14O6/c1-6(14)8-3-9(7(2)15)12(18-5-8)11(17)10(16)4-13/h4,8-9,12H,3,5H2,1-2H3. The number of aldehydes is 1. The van der Waals surface area contributed by atoms with Gasteiger partial charge in [-0.2, -0.15) is 0 Å². The molecule has 6 heteroatoms. The lowest BCUT2D eigenvalue weighted by molar-refractivity contribution is -0.157. The van der Waals surface area contributed by atoms with Crippen molar-refractivity contribution in [2.75, 3.05) is 6.61 Å². The molecule has 0 bridgehead atoms. The zero-order valence-electron chi connectivity index (χ0n) is 10.2. The van der Waals surface area contributed by atoms with Crippen molar-refractivity contribution in [3.8, 4) is 0 Å². The van der Waals surface area contributed by atoms with Crippen LogP contribution in [-0.2, 0) is 28.7 Å². The number of Topliss-reactive ketones (excluding diaryl/α,β-unsaturated/α-hetero) is 4. The molecule has 1 rings (SSSR count). The molecule has 0 amide bonds. The van der Waals surface area contributed by atoms with Gasteiger partial charge in [0, 0.05) is 5.92 Å². The first kappa shape index (κ1) is 14.4. The Bertz CT molecular complexity index is 411. The molecule has 3 unspecified atom stereocenters. The van der Waals surface area contributed by atoms with Crippen molar-refractivity contribution in [3.05, 3.63) is 0 Å². The minimum atomic E-state index is -1.24. The summed E-state index contributed by atoms with van der Waals surface area (Å²) < 4.78 is 5.14. The Morgan fingerprint density at radius 1 is 1.11 bits per heavy atom. The van der Waals surface area contributed by atoms with Crippen LogP contribution in [0.2, 0.25) is 0 Å². The van der Waals surface area contributed by atoms with Gasteiger partial charge in [0.25, 0.3) is 5.78 Å². The number of hydrogen-bond acceptors (Lipinski definition) is 6. The van der Waals surface area contributed by atoms with Crippen LogP contribution in [0.3, 0.4) is 0 Å². The zero-order valence-corrected chi connectivity index (χ0v) is 10.2. The molecule has 3 atom stereocenters. The Morgan fingerprint density at radius 3 is 2.17 bits per heavy atom. The van der Waals surface area contributed by atoms with Crippen LogP contribution < -0.4 is 0 Å². The monoisotopic (exact) mass is 254 g/mol. The average molecular weight is 254 g/mol. The van der Waals surface area contributed by atoms with Crippen LogP contribution in [0.4, 0.5) is 0 Å². The summed E-state index contributed by atoms with van der Waals surface area (Å²) in [6.07, 6.45) is -1.16. The molecule has 1 fully saturated rings. The molecule has 0 saturated carbocycles. The van der Waals surface area contributed by atoms with Crippen LogP contribution in [0.1, 0.15) is 20.3 Å². The second-order valence-electron chi connectivity index (χ2n) is 4.36. The summed E-state index contributed by atoms with van der Waals surface area (Å²) in [4.78, 5) is 55.6. The molecular weight excluding hydrogens is 240 g/mol. The highest BCUT2D eigenvalue weighted by molar-refractivity contribution is 6.59. The molecule has 0 radical (unpaired) electrons. The van der Waals surface area contributed by atoms with Crippen LogP contribution >= 0.6 is 0 Å². The molecule has 0 aromatic carbocycles. The predicted octanol–water partition coefficient (Wildman–Crippen LogP) is -0.477. The third-order valence-electron chi connectivity index (χ3n) is 3.09. The normalized spacial score (nSPS) is 27.3. The summed E-state index contributed by atoms with van der Waals surface area (Å²) in [5.74, 6) is -4.00. The molecule has 0 aromatic rings. The van der Waals surface area contributed by atoms with Crippen LogP contribution in [0.25, 0.3) is 0 Å². The van der Waals surface area contributed by atoms with Crippen LogP contribution in [0.5, 0.6) is 0 Å². The summed E-state index contributed by atoms with van der Waals surface area (Å²) in [5, 5.41) is 0. The van der Waals surface area contributed by atoms with Gasteiger partial charge in [-0.3, -0.25) is 24.0 Å². The first-order valence-electron chi connectivity index (χ1n) is 5.54. The summed E-state index contributed by atoms with van der Waals surface area (Å²) in [5.41, 5.74) is 0. The average Bonchev–Trinajstić information content (AvgIpc) is 2.35. The van der Waals surface area contributed by atoms with Crippen molar-refractivity contribution < 1.29 is 28.7 Å². The van der Waals surface area contributed by atoms with Crippen LogP contribution in [0, 0.1) is 11.8 Å². The number of hydrogen-bond donors (Lipinski definition) is 0. The van der Waals surface area contributed by atoms with Crippen molar-refractivity contribution in [2.45, 2.75) is 26.4 Å². The van der Waals surface area contributed by atoms with E-state index in [1.165, 1.54) is 13.8 Å². The summed E-state index contributed by atoms with van der Waals surface area (Å²) in [6, 6.07) is 0. The van der Waals surface area contributed by atoms with Gasteiger partial charge in [0.1, 0.15) is 17.7 Å². The van der Waals surface area contributed by atoms with E-state index in [4.69, 9.17) is 4.74 Å². The van der Waals surface area contributed by atoms with E-state index in [1.54, 1.807) is 0 Å². The van der Waals surface area contributed by atoms with Gasteiger partial charge in [-0.1, -0.05) is 0 Å². The molecule has 18 heavy (non-hydrogen) atoms. The second kappa shape index (κ2) is 5.77. The molecule has 0 aliphatic carbocycles. The maximum absolute atomic E-state index is 11.6. The van der Waals surface area contributed by atoms with E-state index >= 15 is 0 Å². The number of ketones is 4. The molecule has 1 aliphatic heterocycles. The molecule has 0 aromatic heterocycles. The van der Waals surface area contributed by atoms with E-state index < -0.39 is 29.5 Å². The molecule has 1 saturated heterocycles. The quantitative estimate of drug-likeness (QED) is 0.373. The molecule has 1 aliphatic rings. The van der Waals surface area contributed by atoms with E-state index in [2.05, 4.69) is 0 Å². The van der Waals surface area contributed by atoms with Crippen molar-refractivity contribution in [3.63, 3.8) is 0 Å². The molecule has 0 N–H and O–H groups in total. The highest BCUT2D eigenvalue weighted by Crippen LogP contribution is 2.27. The third kappa shape index (κ3) is 2.95. The Balaban J connectivity index is 2.89. The summed E-state index contributed by atoms with van der Waals surface area (Å²) >= 11 is 0. The fourth-order valence-corrected chi connectivity index (χ4v) is 1.95. The molecule has 98 valence electrons. The van der Waals surface area contributed by atoms with Crippen molar-refractivity contribution in [2.24, 2.45) is 11.8 Å². The maximum atomic E-state index is 11.6. The summed E-state index contributed by atoms with van der Waals surface area (Å²) in [7, 11) is 0. The predicted molar refractivity (Wildman–Crippen MR) is 58.8 cm³/mol. The minimum absolute atomic E-state index is 0.0122. The number of ether oxygens (including phenoxy) is 1.